The average molecular weight is 133 g/mol. The summed E-state index contributed by atoms with van der Waals surface area (Å²) in [5, 5.41) is 3.08. The molecule has 1 rings (SSSR count). The third kappa shape index (κ3) is 1.75. The molecule has 10 heavy (non-hydrogen) atoms. The monoisotopic (exact) mass is 133 g/mol. The minimum Gasteiger partial charge on any atom is -0.304 e. The predicted molar refractivity (Wildman–Crippen MR) is 43.5 cm³/mol. The number of rotatable bonds is 1. The lowest BCUT2D eigenvalue weighted by molar-refractivity contribution is 0.808. The van der Waals surface area contributed by atoms with Crippen molar-refractivity contribution in [3.8, 4) is 11.8 Å². The molecule has 0 spiro atoms. The topological polar surface area (TPSA) is 12.0 Å². The third-order valence-electron chi connectivity index (χ3n) is 1.41. The van der Waals surface area contributed by atoms with Gasteiger partial charge in [0.2, 0.25) is 0 Å². The van der Waals surface area contributed by atoms with Gasteiger partial charge >= 0.3 is 0 Å². The lowest BCUT2D eigenvalue weighted by Crippen LogP contribution is -2.20. The van der Waals surface area contributed by atoms with Gasteiger partial charge in [-0.1, -0.05) is 29.6 Å². The zero-order valence-corrected chi connectivity index (χ0v) is 6.31. The van der Waals surface area contributed by atoms with Crippen LogP contribution >= 0.6 is 0 Å². The predicted octanol–water partition coefficient (Wildman–Crippen LogP) is 1.09. The fraction of sp³-hybridized carbons (Fsp3) is 0.333. The quantitative estimate of drug-likeness (QED) is 0.528. The summed E-state index contributed by atoms with van der Waals surface area (Å²) >= 11 is 0. The van der Waals surface area contributed by atoms with E-state index in [1.165, 1.54) is 5.57 Å². The first-order chi connectivity index (χ1) is 4.83. The fourth-order valence-electron chi connectivity index (χ4n) is 0.827. The molecule has 52 valence electrons. The molecule has 0 bridgehead atoms. The van der Waals surface area contributed by atoms with Crippen LogP contribution in [-0.4, -0.2) is 13.1 Å². The van der Waals surface area contributed by atoms with E-state index in [-0.39, 0.29) is 6.04 Å². The van der Waals surface area contributed by atoms with Crippen LogP contribution in [0.2, 0.25) is 0 Å². The Balaban J connectivity index is 2.77. The van der Waals surface area contributed by atoms with Gasteiger partial charge in [-0.25, -0.2) is 0 Å². The largest absolute Gasteiger partial charge is 0.304 e. The smallest absolute Gasteiger partial charge is 0.0882 e. The highest BCUT2D eigenvalue weighted by Crippen LogP contribution is 1.99. The van der Waals surface area contributed by atoms with E-state index >= 15 is 0 Å². The van der Waals surface area contributed by atoms with Crippen LogP contribution in [0.5, 0.6) is 0 Å². The molecule has 0 amide bonds. The Morgan fingerprint density at radius 2 is 2.40 bits per heavy atom. The van der Waals surface area contributed by atoms with Gasteiger partial charge in [0.25, 0.3) is 0 Å². The van der Waals surface area contributed by atoms with Crippen molar-refractivity contribution in [2.45, 2.75) is 13.0 Å². The van der Waals surface area contributed by atoms with Crippen molar-refractivity contribution in [1.82, 2.24) is 5.32 Å². The standard InChI is InChI=1S/C9H11N/c1-8-5-3-4-6-9(7-8)10-2/h3,5,7,9-10H,1-2H3. The molecule has 1 atom stereocenters. The van der Waals surface area contributed by atoms with Crippen molar-refractivity contribution >= 4 is 0 Å². The van der Waals surface area contributed by atoms with E-state index in [4.69, 9.17) is 0 Å². The minimum atomic E-state index is 0.218. The van der Waals surface area contributed by atoms with Gasteiger partial charge in [-0.2, -0.15) is 0 Å². The van der Waals surface area contributed by atoms with Crippen molar-refractivity contribution in [2.75, 3.05) is 7.05 Å². The summed E-state index contributed by atoms with van der Waals surface area (Å²) < 4.78 is 0. The second kappa shape index (κ2) is 3.24. The fourth-order valence-corrected chi connectivity index (χ4v) is 0.827. The van der Waals surface area contributed by atoms with Gasteiger partial charge in [0.05, 0.1) is 6.04 Å². The summed E-state index contributed by atoms with van der Waals surface area (Å²) in [6.45, 7) is 2.06. The second-order valence-electron chi connectivity index (χ2n) is 2.30. The molecule has 0 fully saturated rings. The van der Waals surface area contributed by atoms with Crippen molar-refractivity contribution in [2.24, 2.45) is 0 Å². The summed E-state index contributed by atoms with van der Waals surface area (Å²) in [4.78, 5) is 0. The summed E-state index contributed by atoms with van der Waals surface area (Å²) in [6.07, 6.45) is 6.00. The molecule has 0 heterocycles. The van der Waals surface area contributed by atoms with Crippen LogP contribution in [0.3, 0.4) is 0 Å². The maximum atomic E-state index is 3.08. The van der Waals surface area contributed by atoms with Crippen molar-refractivity contribution < 1.29 is 0 Å². The van der Waals surface area contributed by atoms with Crippen molar-refractivity contribution in [1.29, 1.82) is 0 Å². The summed E-state index contributed by atoms with van der Waals surface area (Å²) in [6, 6.07) is 0.218. The molecular weight excluding hydrogens is 122 g/mol. The number of nitrogens with one attached hydrogen (secondary N) is 1. The first kappa shape index (κ1) is 7.11. The summed E-state index contributed by atoms with van der Waals surface area (Å²) in [5.74, 6) is 5.97. The Labute approximate surface area is 61.8 Å². The molecule has 0 aromatic carbocycles. The van der Waals surface area contributed by atoms with Crippen LogP contribution in [-0.2, 0) is 0 Å². The molecule has 0 aromatic rings. The molecule has 1 heteroatoms. The highest BCUT2D eigenvalue weighted by molar-refractivity contribution is 5.34. The Morgan fingerprint density at radius 1 is 1.60 bits per heavy atom. The normalized spacial score (nSPS) is 22.6. The maximum Gasteiger partial charge on any atom is 0.0882 e. The van der Waals surface area contributed by atoms with Crippen LogP contribution < -0.4 is 5.32 Å². The lowest BCUT2D eigenvalue weighted by Gasteiger charge is -2.01. The molecule has 1 nitrogen and oxygen atoms in total. The van der Waals surface area contributed by atoms with Crippen LogP contribution in [0.15, 0.2) is 23.8 Å². The van der Waals surface area contributed by atoms with Crippen LogP contribution in [0, 0.1) is 11.8 Å². The lowest BCUT2D eigenvalue weighted by atomic mass is 10.2. The first-order valence-electron chi connectivity index (χ1n) is 3.36. The van der Waals surface area contributed by atoms with Crippen LogP contribution in [0.25, 0.3) is 0 Å². The highest BCUT2D eigenvalue weighted by atomic mass is 14.8. The third-order valence-corrected chi connectivity index (χ3v) is 1.41. The number of hydrogen-bond donors (Lipinski definition) is 1. The van der Waals surface area contributed by atoms with Gasteiger partial charge in [0, 0.05) is 0 Å². The molecular formula is C9H11N. The molecule has 0 aliphatic heterocycles. The first-order valence-corrected chi connectivity index (χ1v) is 3.36. The number of allylic oxidation sites excluding steroid dienone is 3. The van der Waals surface area contributed by atoms with E-state index in [0.717, 1.165) is 0 Å². The number of hydrogen-bond acceptors (Lipinski definition) is 1. The molecule has 0 aromatic heterocycles. The SMILES string of the molecule is CNC1C#CC=CC(C)=C1. The van der Waals surface area contributed by atoms with E-state index in [0.29, 0.717) is 0 Å². The Kier molecular flexibility index (Phi) is 2.30. The van der Waals surface area contributed by atoms with E-state index < -0.39 is 0 Å². The van der Waals surface area contributed by atoms with E-state index in [1.807, 2.05) is 19.2 Å². The average Bonchev–Trinajstić information content (AvgIpc) is 2.13. The zero-order chi connectivity index (χ0) is 7.40. The molecule has 1 N–H and O–H groups in total. The van der Waals surface area contributed by atoms with Crippen molar-refractivity contribution in [3.63, 3.8) is 0 Å². The molecule has 0 saturated heterocycles. The second-order valence-corrected chi connectivity index (χ2v) is 2.30. The summed E-state index contributed by atoms with van der Waals surface area (Å²) in [5.41, 5.74) is 1.25. The van der Waals surface area contributed by atoms with Crippen LogP contribution in [0.1, 0.15) is 6.92 Å². The molecule has 1 aliphatic rings. The molecule has 1 unspecified atom stereocenters. The highest BCUT2D eigenvalue weighted by Gasteiger charge is 1.96. The van der Waals surface area contributed by atoms with Gasteiger partial charge in [-0.15, -0.1) is 0 Å². The van der Waals surface area contributed by atoms with Crippen LogP contribution in [0.4, 0.5) is 0 Å². The van der Waals surface area contributed by atoms with E-state index in [1.54, 1.807) is 0 Å². The van der Waals surface area contributed by atoms with Gasteiger partial charge in [-0.3, -0.25) is 0 Å². The van der Waals surface area contributed by atoms with E-state index in [2.05, 4.69) is 30.2 Å². The zero-order valence-electron chi connectivity index (χ0n) is 6.31. The van der Waals surface area contributed by atoms with Gasteiger partial charge in [0.15, 0.2) is 0 Å². The Bertz CT molecular complexity index is 225. The minimum absolute atomic E-state index is 0.218. The number of likely N-dealkylation sites (N-methyl/N-ethyl adjacent to an activating group) is 1. The molecule has 0 radical (unpaired) electrons. The molecule has 0 saturated carbocycles. The Hall–Kier alpha value is -1.00. The van der Waals surface area contributed by atoms with Gasteiger partial charge in [-0.05, 0) is 20.0 Å². The maximum absolute atomic E-state index is 3.08. The van der Waals surface area contributed by atoms with E-state index in [9.17, 15) is 0 Å². The molecule has 1 aliphatic carbocycles. The van der Waals surface area contributed by atoms with Crippen molar-refractivity contribution in [3.05, 3.63) is 23.8 Å². The summed E-state index contributed by atoms with van der Waals surface area (Å²) in [7, 11) is 1.91. The van der Waals surface area contributed by atoms with Gasteiger partial charge < -0.3 is 5.32 Å². The Morgan fingerprint density at radius 3 is 3.10 bits per heavy atom. The van der Waals surface area contributed by atoms with Gasteiger partial charge in [0.1, 0.15) is 0 Å².